The fraction of sp³-hybridized carbons (Fsp3) is 0.462. The van der Waals surface area contributed by atoms with Gasteiger partial charge in [-0.3, -0.25) is 10.1 Å². The van der Waals surface area contributed by atoms with Gasteiger partial charge in [0.25, 0.3) is 0 Å². The SMILES string of the molecule is CC(C)(C)[C@@H]1CC12N[C@@H](C(=O)NCC(F)(F)F)[C@H](c1cccc(Cl)c1)[C@@]2(C#N)c1ccc(Cl)cc1. The van der Waals surface area contributed by atoms with Crippen molar-refractivity contribution in [2.24, 2.45) is 11.3 Å². The van der Waals surface area contributed by atoms with E-state index in [1.54, 1.807) is 48.5 Å². The lowest BCUT2D eigenvalue weighted by Crippen LogP contribution is -2.49. The van der Waals surface area contributed by atoms with E-state index in [1.165, 1.54) is 0 Å². The number of carbonyl (C=O) groups excluding carboxylic acids is 1. The van der Waals surface area contributed by atoms with Gasteiger partial charge < -0.3 is 5.32 Å². The normalized spacial score (nSPS) is 30.2. The predicted octanol–water partition coefficient (Wildman–Crippen LogP) is 5.99. The first-order valence-electron chi connectivity index (χ1n) is 11.3. The molecule has 1 amide bonds. The van der Waals surface area contributed by atoms with Crippen LogP contribution in [0.25, 0.3) is 0 Å². The van der Waals surface area contributed by atoms with Gasteiger partial charge >= 0.3 is 6.18 Å². The molecule has 0 radical (unpaired) electrons. The molecule has 2 aromatic carbocycles. The second kappa shape index (κ2) is 8.69. The molecule has 4 nitrogen and oxygen atoms in total. The standard InChI is InChI=1S/C26H26Cl2F3N3O/c1-23(2,3)19-12-25(19)24(13-32,16-7-9-17(27)10-8-16)20(15-5-4-6-18(28)11-15)21(34-25)22(35)33-14-26(29,30)31/h4-11,19-21,34H,12,14H2,1-3H3,(H,33,35)/t19-,20-,21+,24+,25?/m0/s1. The highest BCUT2D eigenvalue weighted by molar-refractivity contribution is 6.30. The maximum absolute atomic E-state index is 13.3. The van der Waals surface area contributed by atoms with Gasteiger partial charge in [0.15, 0.2) is 0 Å². The number of halogens is 5. The van der Waals surface area contributed by atoms with Gasteiger partial charge in [-0.05, 0) is 53.1 Å². The molecular formula is C26H26Cl2F3N3O. The highest BCUT2D eigenvalue weighted by Crippen LogP contribution is 2.70. The van der Waals surface area contributed by atoms with Crippen LogP contribution in [0.4, 0.5) is 13.2 Å². The van der Waals surface area contributed by atoms with E-state index in [0.717, 1.165) is 0 Å². The average Bonchev–Trinajstić information content (AvgIpc) is 3.43. The van der Waals surface area contributed by atoms with Crippen molar-refractivity contribution in [1.82, 2.24) is 10.6 Å². The number of nitrogens with one attached hydrogen (secondary N) is 2. The average molecular weight is 524 g/mol. The van der Waals surface area contributed by atoms with Crippen molar-refractivity contribution in [2.45, 2.75) is 56.3 Å². The zero-order chi connectivity index (χ0) is 25.8. The van der Waals surface area contributed by atoms with Gasteiger partial charge in [-0.15, -0.1) is 0 Å². The Bertz CT molecular complexity index is 1170. The largest absolute Gasteiger partial charge is 0.405 e. The molecule has 1 heterocycles. The molecule has 0 aromatic heterocycles. The molecule has 1 aliphatic heterocycles. The number of amides is 1. The van der Waals surface area contributed by atoms with E-state index in [4.69, 9.17) is 23.2 Å². The van der Waals surface area contributed by atoms with Gasteiger partial charge in [0.05, 0.1) is 12.1 Å². The molecule has 4 rings (SSSR count). The Hall–Kier alpha value is -2.27. The van der Waals surface area contributed by atoms with Crippen LogP contribution >= 0.6 is 23.2 Å². The fourth-order valence-corrected chi connectivity index (χ4v) is 6.27. The summed E-state index contributed by atoms with van der Waals surface area (Å²) in [5, 5.41) is 17.2. The first kappa shape index (κ1) is 25.8. The molecule has 2 fully saturated rings. The van der Waals surface area contributed by atoms with E-state index >= 15 is 0 Å². The summed E-state index contributed by atoms with van der Waals surface area (Å²) in [6, 6.07) is 15.2. The number of hydrogen-bond acceptors (Lipinski definition) is 3. The fourth-order valence-electron chi connectivity index (χ4n) is 5.95. The van der Waals surface area contributed by atoms with Gasteiger partial charge in [-0.2, -0.15) is 18.4 Å². The first-order chi connectivity index (χ1) is 16.2. The maximum atomic E-state index is 13.3. The molecule has 2 aliphatic rings. The topological polar surface area (TPSA) is 64.9 Å². The molecule has 0 bridgehead atoms. The van der Waals surface area contributed by atoms with Crippen molar-refractivity contribution >= 4 is 29.1 Å². The van der Waals surface area contributed by atoms with Crippen LogP contribution in [0.2, 0.25) is 10.0 Å². The van der Waals surface area contributed by atoms with Crippen molar-refractivity contribution in [2.75, 3.05) is 6.54 Å². The smallest absolute Gasteiger partial charge is 0.346 e. The monoisotopic (exact) mass is 523 g/mol. The quantitative estimate of drug-likeness (QED) is 0.516. The molecule has 9 heteroatoms. The Kier molecular flexibility index (Phi) is 6.41. The first-order valence-corrected chi connectivity index (χ1v) is 12.1. The Balaban J connectivity index is 1.93. The third kappa shape index (κ3) is 4.41. The molecule has 1 aliphatic carbocycles. The van der Waals surface area contributed by atoms with Gasteiger partial charge in [-0.1, -0.05) is 68.2 Å². The second-order valence-electron chi connectivity index (χ2n) is 10.5. The lowest BCUT2D eigenvalue weighted by Gasteiger charge is -2.37. The summed E-state index contributed by atoms with van der Waals surface area (Å²) < 4.78 is 38.9. The van der Waals surface area contributed by atoms with Crippen LogP contribution in [-0.2, 0) is 10.2 Å². The van der Waals surface area contributed by atoms with Crippen LogP contribution in [0.15, 0.2) is 48.5 Å². The number of hydrogen-bond donors (Lipinski definition) is 2. The lowest BCUT2D eigenvalue weighted by molar-refractivity contribution is -0.139. The summed E-state index contributed by atoms with van der Waals surface area (Å²) in [7, 11) is 0. The predicted molar refractivity (Wildman–Crippen MR) is 129 cm³/mol. The minimum atomic E-state index is -4.56. The van der Waals surface area contributed by atoms with Gasteiger partial charge in [-0.25, -0.2) is 0 Å². The van der Waals surface area contributed by atoms with E-state index in [1.807, 2.05) is 5.32 Å². The van der Waals surface area contributed by atoms with Crippen LogP contribution in [0.3, 0.4) is 0 Å². The maximum Gasteiger partial charge on any atom is 0.405 e. The Morgan fingerprint density at radius 3 is 2.31 bits per heavy atom. The van der Waals surface area contributed by atoms with Crippen molar-refractivity contribution in [1.29, 1.82) is 5.26 Å². The Morgan fingerprint density at radius 2 is 1.80 bits per heavy atom. The number of rotatable bonds is 4. The molecule has 1 spiro atoms. The second-order valence-corrected chi connectivity index (χ2v) is 11.4. The number of benzene rings is 2. The van der Waals surface area contributed by atoms with E-state index in [9.17, 15) is 23.2 Å². The van der Waals surface area contributed by atoms with Gasteiger partial charge in [0, 0.05) is 21.5 Å². The zero-order valence-corrected chi connectivity index (χ0v) is 21.0. The van der Waals surface area contributed by atoms with Crippen LogP contribution < -0.4 is 10.6 Å². The minimum Gasteiger partial charge on any atom is -0.346 e. The summed E-state index contributed by atoms with van der Waals surface area (Å²) in [6.45, 7) is 4.72. The van der Waals surface area contributed by atoms with Crippen molar-refractivity contribution in [3.05, 3.63) is 69.7 Å². The van der Waals surface area contributed by atoms with E-state index < -0.39 is 41.5 Å². The lowest BCUT2D eigenvalue weighted by atomic mass is 9.62. The summed E-state index contributed by atoms with van der Waals surface area (Å²) in [5.41, 5.74) is -1.07. The summed E-state index contributed by atoms with van der Waals surface area (Å²) in [5.74, 6) is -1.61. The highest BCUT2D eigenvalue weighted by Gasteiger charge is 2.78. The van der Waals surface area contributed by atoms with E-state index in [0.29, 0.717) is 27.6 Å². The van der Waals surface area contributed by atoms with Crippen molar-refractivity contribution < 1.29 is 18.0 Å². The summed E-state index contributed by atoms with van der Waals surface area (Å²) in [4.78, 5) is 13.3. The van der Waals surface area contributed by atoms with Crippen LogP contribution in [0.5, 0.6) is 0 Å². The molecule has 186 valence electrons. The van der Waals surface area contributed by atoms with Crippen LogP contribution in [0, 0.1) is 22.7 Å². The van der Waals surface area contributed by atoms with Crippen molar-refractivity contribution in [3.63, 3.8) is 0 Å². The third-order valence-electron chi connectivity index (χ3n) is 7.35. The zero-order valence-electron chi connectivity index (χ0n) is 19.5. The summed E-state index contributed by atoms with van der Waals surface area (Å²) >= 11 is 12.4. The number of alkyl halides is 3. The van der Waals surface area contributed by atoms with Gasteiger partial charge in [0.1, 0.15) is 12.0 Å². The molecule has 1 saturated heterocycles. The van der Waals surface area contributed by atoms with Crippen LogP contribution in [-0.4, -0.2) is 30.2 Å². The molecule has 2 aromatic rings. The Morgan fingerprint density at radius 1 is 1.14 bits per heavy atom. The van der Waals surface area contributed by atoms with Crippen molar-refractivity contribution in [3.8, 4) is 6.07 Å². The highest BCUT2D eigenvalue weighted by atomic mass is 35.5. The molecule has 2 N–H and O–H groups in total. The molecule has 35 heavy (non-hydrogen) atoms. The summed E-state index contributed by atoms with van der Waals surface area (Å²) in [6.07, 6.45) is -3.97. The molecule has 1 unspecified atom stereocenters. The minimum absolute atomic E-state index is 0.00701. The molecule has 5 atom stereocenters. The molecular weight excluding hydrogens is 498 g/mol. The van der Waals surface area contributed by atoms with Crippen LogP contribution in [0.1, 0.15) is 44.2 Å². The molecule has 1 saturated carbocycles. The number of nitriles is 1. The van der Waals surface area contributed by atoms with Gasteiger partial charge in [0.2, 0.25) is 5.91 Å². The third-order valence-corrected chi connectivity index (χ3v) is 7.84. The number of carbonyl (C=O) groups is 1. The van der Waals surface area contributed by atoms with E-state index in [2.05, 4.69) is 32.2 Å². The Labute approximate surface area is 212 Å². The number of nitrogens with zero attached hydrogens (tertiary/aromatic N) is 1. The van der Waals surface area contributed by atoms with E-state index in [-0.39, 0.29) is 11.3 Å².